The third-order valence-electron chi connectivity index (χ3n) is 5.81. The summed E-state index contributed by atoms with van der Waals surface area (Å²) < 4.78 is 5.66. The highest BCUT2D eigenvalue weighted by molar-refractivity contribution is 5.78. The number of aromatic nitrogens is 1. The molecule has 2 aliphatic rings. The van der Waals surface area contributed by atoms with E-state index in [0.29, 0.717) is 25.9 Å². The molecular formula is C17H24N2O3. The van der Waals surface area contributed by atoms with Crippen molar-refractivity contribution >= 4 is 5.91 Å². The van der Waals surface area contributed by atoms with E-state index in [1.165, 1.54) is 0 Å². The Kier molecular flexibility index (Phi) is 3.95. The van der Waals surface area contributed by atoms with Crippen LogP contribution in [0.25, 0.3) is 0 Å². The van der Waals surface area contributed by atoms with Crippen molar-refractivity contribution in [3.8, 4) is 0 Å². The first-order chi connectivity index (χ1) is 10.5. The van der Waals surface area contributed by atoms with E-state index in [-0.39, 0.29) is 23.0 Å². The number of likely N-dealkylation sites (tertiary alicyclic amines) is 1. The van der Waals surface area contributed by atoms with Gasteiger partial charge in [-0.25, -0.2) is 0 Å². The van der Waals surface area contributed by atoms with Crippen molar-refractivity contribution in [2.75, 3.05) is 20.2 Å². The van der Waals surface area contributed by atoms with Crippen molar-refractivity contribution < 1.29 is 14.6 Å². The van der Waals surface area contributed by atoms with Crippen LogP contribution in [0.5, 0.6) is 0 Å². The number of rotatable bonds is 3. The highest BCUT2D eigenvalue weighted by Crippen LogP contribution is 2.57. The van der Waals surface area contributed by atoms with Crippen LogP contribution in [0.3, 0.4) is 0 Å². The molecular weight excluding hydrogens is 280 g/mol. The number of aliphatic hydroxyl groups excluding tert-OH is 1. The minimum atomic E-state index is -0.312. The van der Waals surface area contributed by atoms with Gasteiger partial charge in [-0.05, 0) is 31.4 Å². The normalized spacial score (nSPS) is 30.1. The fourth-order valence-electron chi connectivity index (χ4n) is 4.08. The number of aliphatic hydroxyl groups is 1. The van der Waals surface area contributed by atoms with E-state index in [0.717, 1.165) is 18.4 Å². The Hall–Kier alpha value is -1.46. The van der Waals surface area contributed by atoms with E-state index in [2.05, 4.69) is 11.9 Å². The molecule has 22 heavy (non-hydrogen) atoms. The second-order valence-electron chi connectivity index (χ2n) is 6.73. The Morgan fingerprint density at radius 2 is 2.23 bits per heavy atom. The fraction of sp³-hybridized carbons (Fsp3) is 0.647. The molecule has 2 fully saturated rings. The zero-order chi connectivity index (χ0) is 15.8. The molecule has 2 heterocycles. The first kappa shape index (κ1) is 15.4. The zero-order valence-corrected chi connectivity index (χ0v) is 13.3. The van der Waals surface area contributed by atoms with Gasteiger partial charge in [0, 0.05) is 44.4 Å². The first-order valence-corrected chi connectivity index (χ1v) is 7.91. The largest absolute Gasteiger partial charge is 0.392 e. The standard InChI is InChI=1S/C17H24N2O3/c1-16(22-2)11-14(20)17(16)5-8-19(9-6-17)15(21)10-13-4-3-7-18-12-13/h3-4,7,12,14,20H,5-6,8-11H2,1-2H3/t14-,16+/m1/s1. The average Bonchev–Trinajstić information content (AvgIpc) is 2.55. The van der Waals surface area contributed by atoms with E-state index in [1.54, 1.807) is 19.5 Å². The topological polar surface area (TPSA) is 62.7 Å². The first-order valence-electron chi connectivity index (χ1n) is 7.91. The number of nitrogens with zero attached hydrogens (tertiary/aromatic N) is 2. The van der Waals surface area contributed by atoms with Crippen LogP contribution in [-0.4, -0.2) is 52.8 Å². The smallest absolute Gasteiger partial charge is 0.227 e. The maximum atomic E-state index is 12.4. The molecule has 0 unspecified atom stereocenters. The summed E-state index contributed by atoms with van der Waals surface area (Å²) in [4.78, 5) is 18.4. The van der Waals surface area contributed by atoms with Gasteiger partial charge < -0.3 is 14.7 Å². The van der Waals surface area contributed by atoms with Gasteiger partial charge in [0.1, 0.15) is 0 Å². The Morgan fingerprint density at radius 3 is 2.77 bits per heavy atom. The molecule has 0 bridgehead atoms. The second kappa shape index (κ2) is 5.63. The molecule has 0 radical (unpaired) electrons. The van der Waals surface area contributed by atoms with Crippen molar-refractivity contribution in [1.29, 1.82) is 0 Å². The number of carbonyl (C=O) groups is 1. The van der Waals surface area contributed by atoms with Crippen LogP contribution in [0.4, 0.5) is 0 Å². The number of ether oxygens (including phenoxy) is 1. The summed E-state index contributed by atoms with van der Waals surface area (Å²) in [6.07, 6.45) is 5.82. The van der Waals surface area contributed by atoms with Crippen LogP contribution in [-0.2, 0) is 16.0 Å². The minimum absolute atomic E-state index is 0.135. The van der Waals surface area contributed by atoms with E-state index in [9.17, 15) is 9.90 Å². The van der Waals surface area contributed by atoms with Crippen LogP contribution in [0, 0.1) is 5.41 Å². The van der Waals surface area contributed by atoms with E-state index in [4.69, 9.17) is 4.74 Å². The van der Waals surface area contributed by atoms with Gasteiger partial charge in [-0.3, -0.25) is 9.78 Å². The van der Waals surface area contributed by atoms with Gasteiger partial charge in [0.25, 0.3) is 0 Å². The predicted octanol–water partition coefficient (Wildman–Crippen LogP) is 1.40. The van der Waals surface area contributed by atoms with Gasteiger partial charge in [0.05, 0.1) is 18.1 Å². The Labute approximate surface area is 131 Å². The third kappa shape index (κ3) is 2.32. The summed E-state index contributed by atoms with van der Waals surface area (Å²) in [5.41, 5.74) is 0.496. The maximum Gasteiger partial charge on any atom is 0.227 e. The molecule has 1 aliphatic heterocycles. The number of methoxy groups -OCH3 is 1. The quantitative estimate of drug-likeness (QED) is 0.917. The molecule has 1 aromatic rings. The molecule has 5 nitrogen and oxygen atoms in total. The molecule has 1 aromatic heterocycles. The Morgan fingerprint density at radius 1 is 1.50 bits per heavy atom. The van der Waals surface area contributed by atoms with Crippen molar-refractivity contribution in [3.63, 3.8) is 0 Å². The third-order valence-corrected chi connectivity index (χ3v) is 5.81. The summed E-state index contributed by atoms with van der Waals surface area (Å²) in [5.74, 6) is 0.135. The van der Waals surface area contributed by atoms with Crippen LogP contribution in [0.1, 0.15) is 31.7 Å². The van der Waals surface area contributed by atoms with Gasteiger partial charge in [0.15, 0.2) is 0 Å². The molecule has 1 N–H and O–H groups in total. The number of piperidine rings is 1. The van der Waals surface area contributed by atoms with Gasteiger partial charge >= 0.3 is 0 Å². The summed E-state index contributed by atoms with van der Waals surface area (Å²) >= 11 is 0. The molecule has 2 atom stereocenters. The van der Waals surface area contributed by atoms with Crippen LogP contribution in [0.2, 0.25) is 0 Å². The average molecular weight is 304 g/mol. The SMILES string of the molecule is CO[C@@]1(C)C[C@@H](O)C12CCN(C(=O)Cc1cccnc1)CC2. The Bertz CT molecular complexity index is 540. The lowest BCUT2D eigenvalue weighted by Crippen LogP contribution is -2.69. The maximum absolute atomic E-state index is 12.4. The van der Waals surface area contributed by atoms with E-state index >= 15 is 0 Å². The number of pyridine rings is 1. The lowest BCUT2D eigenvalue weighted by Gasteiger charge is -2.62. The molecule has 0 aromatic carbocycles. The molecule has 1 saturated heterocycles. The molecule has 3 rings (SSSR count). The van der Waals surface area contributed by atoms with E-state index in [1.807, 2.05) is 17.0 Å². The lowest BCUT2D eigenvalue weighted by atomic mass is 9.51. The lowest BCUT2D eigenvalue weighted by molar-refractivity contribution is -0.261. The molecule has 1 aliphatic carbocycles. The highest BCUT2D eigenvalue weighted by Gasteiger charge is 2.63. The summed E-state index contributed by atoms with van der Waals surface area (Å²) in [5, 5.41) is 10.3. The second-order valence-corrected chi connectivity index (χ2v) is 6.73. The van der Waals surface area contributed by atoms with Crippen molar-refractivity contribution in [1.82, 2.24) is 9.88 Å². The number of hydrogen-bond acceptors (Lipinski definition) is 4. The van der Waals surface area contributed by atoms with Crippen LogP contribution < -0.4 is 0 Å². The van der Waals surface area contributed by atoms with Crippen molar-refractivity contribution in [3.05, 3.63) is 30.1 Å². The fourth-order valence-corrected chi connectivity index (χ4v) is 4.08. The zero-order valence-electron chi connectivity index (χ0n) is 13.3. The number of carbonyl (C=O) groups excluding carboxylic acids is 1. The van der Waals surface area contributed by atoms with Gasteiger partial charge in [-0.1, -0.05) is 6.07 Å². The Balaban J connectivity index is 1.61. The summed E-state index contributed by atoms with van der Waals surface area (Å²) in [6, 6.07) is 3.77. The molecule has 5 heteroatoms. The summed E-state index contributed by atoms with van der Waals surface area (Å²) in [6.45, 7) is 3.46. The van der Waals surface area contributed by atoms with Gasteiger partial charge in [0.2, 0.25) is 5.91 Å². The highest BCUT2D eigenvalue weighted by atomic mass is 16.5. The monoisotopic (exact) mass is 304 g/mol. The molecule has 1 saturated carbocycles. The molecule has 120 valence electrons. The van der Waals surface area contributed by atoms with E-state index < -0.39 is 0 Å². The van der Waals surface area contributed by atoms with Gasteiger partial charge in [-0.2, -0.15) is 0 Å². The minimum Gasteiger partial charge on any atom is -0.392 e. The van der Waals surface area contributed by atoms with Crippen LogP contribution >= 0.6 is 0 Å². The van der Waals surface area contributed by atoms with Crippen molar-refractivity contribution in [2.24, 2.45) is 5.41 Å². The molecule has 1 amide bonds. The van der Waals surface area contributed by atoms with Crippen molar-refractivity contribution in [2.45, 2.75) is 44.3 Å². The van der Waals surface area contributed by atoms with Crippen LogP contribution in [0.15, 0.2) is 24.5 Å². The molecule has 1 spiro atoms. The number of hydrogen-bond donors (Lipinski definition) is 1. The van der Waals surface area contributed by atoms with Gasteiger partial charge in [-0.15, -0.1) is 0 Å². The summed E-state index contributed by atoms with van der Waals surface area (Å²) in [7, 11) is 1.72. The predicted molar refractivity (Wildman–Crippen MR) is 82.2 cm³/mol. The number of amides is 1.